The summed E-state index contributed by atoms with van der Waals surface area (Å²) in [6.07, 6.45) is 0. The van der Waals surface area contributed by atoms with E-state index in [0.29, 0.717) is 42.0 Å². The van der Waals surface area contributed by atoms with Crippen LogP contribution in [0.15, 0.2) is 33.5 Å². The normalized spacial score (nSPS) is 15.8. The molecule has 1 aliphatic rings. The molecule has 23 heavy (non-hydrogen) atoms. The second-order valence-corrected chi connectivity index (χ2v) is 5.67. The fraction of sp³-hybridized carbons (Fsp3) is 0.412. The smallest absolute Gasteiger partial charge is 0.337 e. The third kappa shape index (κ3) is 3.22. The van der Waals surface area contributed by atoms with E-state index in [1.807, 2.05) is 14.0 Å². The number of piperazine rings is 1. The molecule has 0 aliphatic carbocycles. The highest BCUT2D eigenvalue weighted by atomic mass is 16.5. The van der Waals surface area contributed by atoms with E-state index in [2.05, 4.69) is 4.90 Å². The summed E-state index contributed by atoms with van der Waals surface area (Å²) in [4.78, 5) is 28.6. The molecular weight excluding hydrogens is 296 g/mol. The van der Waals surface area contributed by atoms with Crippen molar-refractivity contribution in [2.24, 2.45) is 0 Å². The minimum Gasteiger partial charge on any atom is -0.494 e. The van der Waals surface area contributed by atoms with Crippen molar-refractivity contribution in [2.45, 2.75) is 6.92 Å². The molecule has 3 rings (SSSR count). The predicted molar refractivity (Wildman–Crippen MR) is 87.1 cm³/mol. The van der Waals surface area contributed by atoms with Gasteiger partial charge in [0.1, 0.15) is 11.3 Å². The third-order valence-corrected chi connectivity index (χ3v) is 4.05. The van der Waals surface area contributed by atoms with Crippen LogP contribution in [0.5, 0.6) is 5.75 Å². The van der Waals surface area contributed by atoms with Crippen molar-refractivity contribution < 1.29 is 13.9 Å². The molecule has 1 aliphatic heterocycles. The first-order chi connectivity index (χ1) is 11.1. The Morgan fingerprint density at radius 3 is 2.65 bits per heavy atom. The van der Waals surface area contributed by atoms with Gasteiger partial charge in [-0.05, 0) is 26.1 Å². The largest absolute Gasteiger partial charge is 0.494 e. The standard InChI is InChI=1S/C17H20N2O4/c1-3-22-12-4-5-13-14(11-16(20)23-15(13)10-12)17(21)19-8-6-18(2)7-9-19/h4-5,10-11H,3,6-9H2,1-2H3. The Bertz CT molecular complexity index is 776. The molecule has 0 bridgehead atoms. The number of likely N-dealkylation sites (N-methyl/N-ethyl adjacent to an activating group) is 1. The number of amides is 1. The Labute approximate surface area is 134 Å². The maximum atomic E-state index is 12.8. The highest BCUT2D eigenvalue weighted by Crippen LogP contribution is 2.24. The molecule has 0 radical (unpaired) electrons. The quantitative estimate of drug-likeness (QED) is 0.805. The van der Waals surface area contributed by atoms with Gasteiger partial charge in [-0.1, -0.05) is 0 Å². The number of hydrogen-bond acceptors (Lipinski definition) is 5. The van der Waals surface area contributed by atoms with Crippen molar-refractivity contribution in [3.05, 3.63) is 40.2 Å². The minimum atomic E-state index is -0.524. The lowest BCUT2D eigenvalue weighted by atomic mass is 10.1. The van der Waals surface area contributed by atoms with Gasteiger partial charge in [0, 0.05) is 43.7 Å². The number of ether oxygens (including phenoxy) is 1. The highest BCUT2D eigenvalue weighted by Gasteiger charge is 2.23. The molecule has 1 amide bonds. The molecule has 1 aromatic carbocycles. The minimum absolute atomic E-state index is 0.125. The van der Waals surface area contributed by atoms with Crippen LogP contribution in [-0.2, 0) is 0 Å². The van der Waals surface area contributed by atoms with Crippen LogP contribution in [0.25, 0.3) is 11.0 Å². The van der Waals surface area contributed by atoms with Crippen molar-refractivity contribution in [2.75, 3.05) is 39.8 Å². The summed E-state index contributed by atoms with van der Waals surface area (Å²) in [7, 11) is 2.03. The number of benzene rings is 1. The van der Waals surface area contributed by atoms with Gasteiger partial charge < -0.3 is 19.0 Å². The fourth-order valence-corrected chi connectivity index (χ4v) is 2.76. The van der Waals surface area contributed by atoms with Crippen LogP contribution in [0.1, 0.15) is 17.3 Å². The molecule has 6 heteroatoms. The number of carbonyl (C=O) groups excluding carboxylic acids is 1. The van der Waals surface area contributed by atoms with E-state index in [4.69, 9.17) is 9.15 Å². The average Bonchev–Trinajstić information content (AvgIpc) is 2.54. The van der Waals surface area contributed by atoms with Gasteiger partial charge in [0.2, 0.25) is 0 Å². The summed E-state index contributed by atoms with van der Waals surface area (Å²) in [6.45, 7) is 5.39. The zero-order valence-corrected chi connectivity index (χ0v) is 13.4. The second-order valence-electron chi connectivity index (χ2n) is 5.67. The Morgan fingerprint density at radius 1 is 1.22 bits per heavy atom. The van der Waals surface area contributed by atoms with Crippen LogP contribution < -0.4 is 10.4 Å². The summed E-state index contributed by atoms with van der Waals surface area (Å²) in [6, 6.07) is 6.49. The third-order valence-electron chi connectivity index (χ3n) is 4.05. The van der Waals surface area contributed by atoms with Gasteiger partial charge in [0.25, 0.3) is 5.91 Å². The molecule has 0 spiro atoms. The summed E-state index contributed by atoms with van der Waals surface area (Å²) < 4.78 is 10.6. The van der Waals surface area contributed by atoms with E-state index >= 15 is 0 Å². The van der Waals surface area contributed by atoms with Gasteiger partial charge in [-0.3, -0.25) is 4.79 Å². The maximum absolute atomic E-state index is 12.8. The molecule has 0 unspecified atom stereocenters. The molecular formula is C17H20N2O4. The highest BCUT2D eigenvalue weighted by molar-refractivity contribution is 6.05. The molecule has 1 aromatic heterocycles. The number of fused-ring (bicyclic) bond motifs is 1. The van der Waals surface area contributed by atoms with Crippen LogP contribution in [0, 0.1) is 0 Å². The van der Waals surface area contributed by atoms with Gasteiger partial charge >= 0.3 is 5.63 Å². The van der Waals surface area contributed by atoms with Crippen molar-refractivity contribution in [1.29, 1.82) is 0 Å². The second kappa shape index (κ2) is 6.42. The fourth-order valence-electron chi connectivity index (χ4n) is 2.76. The Balaban J connectivity index is 1.99. The van der Waals surface area contributed by atoms with Crippen LogP contribution >= 0.6 is 0 Å². The molecule has 2 heterocycles. The van der Waals surface area contributed by atoms with E-state index < -0.39 is 5.63 Å². The van der Waals surface area contributed by atoms with Crippen molar-refractivity contribution >= 4 is 16.9 Å². The van der Waals surface area contributed by atoms with E-state index in [1.165, 1.54) is 6.07 Å². The number of carbonyl (C=O) groups is 1. The van der Waals surface area contributed by atoms with Crippen LogP contribution in [0.2, 0.25) is 0 Å². The molecule has 1 fully saturated rings. The molecule has 0 atom stereocenters. The lowest BCUT2D eigenvalue weighted by Gasteiger charge is -2.32. The van der Waals surface area contributed by atoms with E-state index in [9.17, 15) is 9.59 Å². The molecule has 0 N–H and O–H groups in total. The van der Waals surface area contributed by atoms with Gasteiger partial charge in [0.15, 0.2) is 0 Å². The predicted octanol–water partition coefficient (Wildman–Crippen LogP) is 1.58. The molecule has 1 saturated heterocycles. The van der Waals surface area contributed by atoms with Crippen LogP contribution in [-0.4, -0.2) is 55.5 Å². The lowest BCUT2D eigenvalue weighted by Crippen LogP contribution is -2.47. The van der Waals surface area contributed by atoms with Crippen molar-refractivity contribution in [3.63, 3.8) is 0 Å². The monoisotopic (exact) mass is 316 g/mol. The molecule has 6 nitrogen and oxygen atoms in total. The number of hydrogen-bond donors (Lipinski definition) is 0. The first kappa shape index (κ1) is 15.6. The first-order valence-electron chi connectivity index (χ1n) is 7.77. The summed E-state index contributed by atoms with van der Waals surface area (Å²) >= 11 is 0. The zero-order chi connectivity index (χ0) is 16.4. The lowest BCUT2D eigenvalue weighted by molar-refractivity contribution is 0.0665. The molecule has 0 saturated carbocycles. The van der Waals surface area contributed by atoms with E-state index in [1.54, 1.807) is 23.1 Å². The topological polar surface area (TPSA) is 63.0 Å². The van der Waals surface area contributed by atoms with Gasteiger partial charge in [-0.25, -0.2) is 4.79 Å². The number of nitrogens with zero attached hydrogens (tertiary/aromatic N) is 2. The van der Waals surface area contributed by atoms with E-state index in [-0.39, 0.29) is 5.91 Å². The SMILES string of the molecule is CCOc1ccc2c(C(=O)N3CCN(C)CC3)cc(=O)oc2c1. The summed E-state index contributed by atoms with van der Waals surface area (Å²) in [5.74, 6) is 0.493. The van der Waals surface area contributed by atoms with Crippen molar-refractivity contribution in [3.8, 4) is 5.75 Å². The first-order valence-corrected chi connectivity index (χ1v) is 7.77. The van der Waals surface area contributed by atoms with Crippen molar-refractivity contribution in [1.82, 2.24) is 9.80 Å². The Kier molecular flexibility index (Phi) is 4.34. The Hall–Kier alpha value is -2.34. The molecule has 2 aromatic rings. The number of rotatable bonds is 3. The van der Waals surface area contributed by atoms with Gasteiger partial charge in [-0.15, -0.1) is 0 Å². The zero-order valence-electron chi connectivity index (χ0n) is 13.4. The van der Waals surface area contributed by atoms with E-state index in [0.717, 1.165) is 13.1 Å². The van der Waals surface area contributed by atoms with Gasteiger partial charge in [-0.2, -0.15) is 0 Å². The van der Waals surface area contributed by atoms with Crippen LogP contribution in [0.4, 0.5) is 0 Å². The molecule has 122 valence electrons. The maximum Gasteiger partial charge on any atom is 0.337 e. The van der Waals surface area contributed by atoms with Crippen LogP contribution in [0.3, 0.4) is 0 Å². The summed E-state index contributed by atoms with van der Waals surface area (Å²) in [5, 5.41) is 0.636. The average molecular weight is 316 g/mol. The van der Waals surface area contributed by atoms with Gasteiger partial charge in [0.05, 0.1) is 12.2 Å². The summed E-state index contributed by atoms with van der Waals surface area (Å²) in [5.41, 5.74) is 0.244. The Morgan fingerprint density at radius 2 is 1.96 bits per heavy atom.